The van der Waals surface area contributed by atoms with Gasteiger partial charge in [-0.05, 0) is 32.9 Å². The molecule has 1 unspecified atom stereocenters. The molecule has 5 nitrogen and oxygen atoms in total. The fourth-order valence-electron chi connectivity index (χ4n) is 2.13. The Bertz CT molecular complexity index is 490. The number of carbonyl (C=O) groups is 1. The lowest BCUT2D eigenvalue weighted by molar-refractivity contribution is 0.0939. The van der Waals surface area contributed by atoms with Gasteiger partial charge in [0.1, 0.15) is 11.6 Å². The highest BCUT2D eigenvalue weighted by atomic mass is 19.1. The predicted octanol–water partition coefficient (Wildman–Crippen LogP) is 1.47. The zero-order valence-corrected chi connectivity index (χ0v) is 12.1. The number of pyridine rings is 1. The van der Waals surface area contributed by atoms with Gasteiger partial charge in [0.2, 0.25) is 0 Å². The Balaban J connectivity index is 1.95. The Morgan fingerprint density at radius 3 is 2.90 bits per heavy atom. The number of likely N-dealkylation sites (N-methyl/N-ethyl adjacent to an activating group) is 1. The van der Waals surface area contributed by atoms with Crippen LogP contribution in [0.25, 0.3) is 0 Å². The monoisotopic (exact) mass is 280 g/mol. The molecule has 0 bridgehead atoms. The van der Waals surface area contributed by atoms with Crippen LogP contribution in [0.4, 0.5) is 10.2 Å². The Kier molecular flexibility index (Phi) is 4.54. The lowest BCUT2D eigenvalue weighted by Crippen LogP contribution is -2.41. The van der Waals surface area contributed by atoms with Gasteiger partial charge < -0.3 is 10.6 Å². The summed E-state index contributed by atoms with van der Waals surface area (Å²) in [6, 6.07) is 2.10. The van der Waals surface area contributed by atoms with Crippen LogP contribution in [0.3, 0.4) is 0 Å². The van der Waals surface area contributed by atoms with Gasteiger partial charge in [-0.25, -0.2) is 9.37 Å². The van der Waals surface area contributed by atoms with Gasteiger partial charge in [0.15, 0.2) is 0 Å². The summed E-state index contributed by atoms with van der Waals surface area (Å²) in [4.78, 5) is 18.2. The van der Waals surface area contributed by atoms with E-state index in [0.29, 0.717) is 18.4 Å². The smallest absolute Gasteiger partial charge is 0.255 e. The topological polar surface area (TPSA) is 57.3 Å². The lowest BCUT2D eigenvalue weighted by atomic mass is 10.2. The molecule has 1 aromatic rings. The molecule has 1 heterocycles. The summed E-state index contributed by atoms with van der Waals surface area (Å²) in [5, 5.41) is 5.63. The number of carbonyl (C=O) groups excluding carboxylic acids is 1. The third-order valence-electron chi connectivity index (χ3n) is 3.71. The molecule has 2 rings (SSSR count). The summed E-state index contributed by atoms with van der Waals surface area (Å²) in [7, 11) is 3.72. The molecule has 0 radical (unpaired) electrons. The van der Waals surface area contributed by atoms with Gasteiger partial charge in [-0.15, -0.1) is 0 Å². The quantitative estimate of drug-likeness (QED) is 0.828. The van der Waals surface area contributed by atoms with Gasteiger partial charge in [0.05, 0.1) is 11.8 Å². The third-order valence-corrected chi connectivity index (χ3v) is 3.71. The molecular weight excluding hydrogens is 259 g/mol. The number of amides is 1. The molecule has 1 atom stereocenters. The molecule has 0 spiro atoms. The van der Waals surface area contributed by atoms with Crippen LogP contribution in [0.1, 0.15) is 30.1 Å². The van der Waals surface area contributed by atoms with Crippen molar-refractivity contribution in [3.8, 4) is 0 Å². The van der Waals surface area contributed by atoms with Crippen LogP contribution in [0, 0.1) is 5.82 Å². The summed E-state index contributed by atoms with van der Waals surface area (Å²) >= 11 is 0. The first-order valence-corrected chi connectivity index (χ1v) is 6.86. The van der Waals surface area contributed by atoms with E-state index in [-0.39, 0.29) is 17.5 Å². The van der Waals surface area contributed by atoms with Gasteiger partial charge in [-0.1, -0.05) is 0 Å². The first-order valence-electron chi connectivity index (χ1n) is 6.86. The average Bonchev–Trinajstić information content (AvgIpc) is 3.28. The summed E-state index contributed by atoms with van der Waals surface area (Å²) < 4.78 is 13.2. The first-order chi connectivity index (χ1) is 9.52. The maximum Gasteiger partial charge on any atom is 0.255 e. The van der Waals surface area contributed by atoms with Gasteiger partial charge in [0.25, 0.3) is 5.91 Å². The predicted molar refractivity (Wildman–Crippen MR) is 76.3 cm³/mol. The molecule has 110 valence electrons. The van der Waals surface area contributed by atoms with E-state index in [9.17, 15) is 9.18 Å². The zero-order chi connectivity index (χ0) is 14.7. The number of hydrogen-bond donors (Lipinski definition) is 2. The van der Waals surface area contributed by atoms with Gasteiger partial charge >= 0.3 is 0 Å². The molecule has 0 aromatic carbocycles. The molecule has 1 saturated carbocycles. The van der Waals surface area contributed by atoms with Crippen LogP contribution < -0.4 is 10.6 Å². The zero-order valence-electron chi connectivity index (χ0n) is 12.1. The van der Waals surface area contributed by atoms with Crippen LogP contribution in [0.15, 0.2) is 12.3 Å². The fraction of sp³-hybridized carbons (Fsp3) is 0.571. The molecule has 1 aromatic heterocycles. The van der Waals surface area contributed by atoms with Crippen molar-refractivity contribution in [1.29, 1.82) is 0 Å². The van der Waals surface area contributed by atoms with Crippen LogP contribution in [-0.2, 0) is 0 Å². The highest BCUT2D eigenvalue weighted by Gasteiger charge is 2.29. The van der Waals surface area contributed by atoms with Crippen LogP contribution in [0.5, 0.6) is 0 Å². The van der Waals surface area contributed by atoms with Crippen LogP contribution >= 0.6 is 0 Å². The van der Waals surface area contributed by atoms with Crippen molar-refractivity contribution in [2.75, 3.05) is 26.0 Å². The number of anilines is 1. The van der Waals surface area contributed by atoms with E-state index in [0.717, 1.165) is 6.20 Å². The highest BCUT2D eigenvalue weighted by Crippen LogP contribution is 2.26. The van der Waals surface area contributed by atoms with Crippen molar-refractivity contribution in [2.24, 2.45) is 0 Å². The summed E-state index contributed by atoms with van der Waals surface area (Å²) in [5.74, 6) is -0.443. The molecular formula is C14H21FN4O. The number of rotatable bonds is 6. The number of hydrogen-bond acceptors (Lipinski definition) is 4. The molecule has 2 N–H and O–H groups in total. The highest BCUT2D eigenvalue weighted by molar-refractivity contribution is 5.98. The van der Waals surface area contributed by atoms with Crippen molar-refractivity contribution < 1.29 is 9.18 Å². The van der Waals surface area contributed by atoms with Crippen LogP contribution in [0.2, 0.25) is 0 Å². The summed E-state index contributed by atoms with van der Waals surface area (Å²) in [5.41, 5.74) is 0.230. The fourth-order valence-corrected chi connectivity index (χ4v) is 2.13. The lowest BCUT2D eigenvalue weighted by Gasteiger charge is -2.24. The molecule has 0 aliphatic heterocycles. The minimum Gasteiger partial charge on any atom is -0.372 e. The number of nitrogens with one attached hydrogen (secondary N) is 2. The largest absolute Gasteiger partial charge is 0.372 e. The molecule has 20 heavy (non-hydrogen) atoms. The molecule has 1 aliphatic rings. The van der Waals surface area contributed by atoms with Crippen LogP contribution in [-0.4, -0.2) is 48.5 Å². The second-order valence-corrected chi connectivity index (χ2v) is 5.26. The van der Waals surface area contributed by atoms with E-state index in [4.69, 9.17) is 0 Å². The average molecular weight is 280 g/mol. The van der Waals surface area contributed by atoms with E-state index in [1.54, 1.807) is 7.05 Å². The maximum atomic E-state index is 13.2. The van der Waals surface area contributed by atoms with E-state index in [1.807, 2.05) is 0 Å². The second-order valence-electron chi connectivity index (χ2n) is 5.26. The Morgan fingerprint density at radius 1 is 1.60 bits per heavy atom. The van der Waals surface area contributed by atoms with Crippen molar-refractivity contribution in [3.63, 3.8) is 0 Å². The van der Waals surface area contributed by atoms with E-state index < -0.39 is 5.82 Å². The van der Waals surface area contributed by atoms with Crippen molar-refractivity contribution >= 4 is 11.7 Å². The third kappa shape index (κ3) is 3.45. The summed E-state index contributed by atoms with van der Waals surface area (Å²) in [6.07, 6.45) is 3.55. The normalized spacial score (nSPS) is 16.1. The molecule has 6 heteroatoms. The minimum atomic E-state index is -0.516. The molecule has 1 amide bonds. The minimum absolute atomic E-state index is 0.230. The van der Waals surface area contributed by atoms with Crippen molar-refractivity contribution in [1.82, 2.24) is 15.2 Å². The summed E-state index contributed by atoms with van der Waals surface area (Å²) in [6.45, 7) is 2.60. The first kappa shape index (κ1) is 14.7. The van der Waals surface area contributed by atoms with Crippen molar-refractivity contribution in [2.45, 2.75) is 31.8 Å². The standard InChI is InChI=1S/C14H21FN4O/c1-9(19(3)11-4-5-11)7-18-14(20)12-6-10(15)8-17-13(12)16-2/h6,8-9,11H,4-5,7H2,1-3H3,(H,16,17)(H,18,20). The Morgan fingerprint density at radius 2 is 2.30 bits per heavy atom. The number of aromatic nitrogens is 1. The Hall–Kier alpha value is -1.69. The Labute approximate surface area is 118 Å². The SMILES string of the molecule is CNc1ncc(F)cc1C(=O)NCC(C)N(C)C1CC1. The van der Waals surface area contributed by atoms with E-state index >= 15 is 0 Å². The number of halogens is 1. The molecule has 1 aliphatic carbocycles. The van der Waals surface area contributed by atoms with Gasteiger partial charge in [-0.2, -0.15) is 0 Å². The number of nitrogens with zero attached hydrogens (tertiary/aromatic N) is 2. The maximum absolute atomic E-state index is 13.2. The van der Waals surface area contributed by atoms with Crippen molar-refractivity contribution in [3.05, 3.63) is 23.6 Å². The van der Waals surface area contributed by atoms with Gasteiger partial charge in [-0.3, -0.25) is 9.69 Å². The van der Waals surface area contributed by atoms with E-state index in [1.165, 1.54) is 18.9 Å². The molecule has 1 fully saturated rings. The second kappa shape index (κ2) is 6.17. The van der Waals surface area contributed by atoms with Gasteiger partial charge in [0, 0.05) is 25.7 Å². The van der Waals surface area contributed by atoms with E-state index in [2.05, 4.69) is 34.5 Å². The molecule has 0 saturated heterocycles.